The maximum absolute atomic E-state index is 12.5. The van der Waals surface area contributed by atoms with Crippen LogP contribution in [0, 0.1) is 5.92 Å². The van der Waals surface area contributed by atoms with E-state index in [9.17, 15) is 4.79 Å². The molecule has 0 amide bonds. The van der Waals surface area contributed by atoms with Crippen molar-refractivity contribution in [2.45, 2.75) is 44.6 Å². The first kappa shape index (κ1) is 19.1. The summed E-state index contributed by atoms with van der Waals surface area (Å²) in [4.78, 5) is 15.0. The van der Waals surface area contributed by atoms with E-state index in [2.05, 4.69) is 43.0 Å². The average molecular weight is 370 g/mol. The molecule has 2 aliphatic rings. The summed E-state index contributed by atoms with van der Waals surface area (Å²) in [5.74, 6) is 0.890. The van der Waals surface area contributed by atoms with E-state index in [1.165, 1.54) is 12.0 Å². The summed E-state index contributed by atoms with van der Waals surface area (Å²) in [5, 5.41) is 0. The van der Waals surface area contributed by atoms with Crippen molar-refractivity contribution in [3.63, 3.8) is 0 Å². The molecule has 2 aromatic carbocycles. The molecule has 0 radical (unpaired) electrons. The number of ketones is 1. The Balaban J connectivity index is 0.00000196. The quantitative estimate of drug-likeness (QED) is 0.714. The summed E-state index contributed by atoms with van der Waals surface area (Å²) in [6, 6.07) is 19.2. The van der Waals surface area contributed by atoms with Gasteiger partial charge in [-0.1, -0.05) is 68.4 Å². The van der Waals surface area contributed by atoms with E-state index in [0.29, 0.717) is 18.4 Å². The number of hydrogen-bond acceptors (Lipinski definition) is 2. The summed E-state index contributed by atoms with van der Waals surface area (Å²) in [5.41, 5.74) is 4.18. The van der Waals surface area contributed by atoms with Gasteiger partial charge in [0.25, 0.3) is 0 Å². The highest BCUT2D eigenvalue weighted by molar-refractivity contribution is 5.96. The lowest BCUT2D eigenvalue weighted by molar-refractivity contribution is 0.0307. The molecule has 1 fully saturated rings. The highest BCUT2D eigenvalue weighted by atomic mass is 35.5. The van der Waals surface area contributed by atoms with Crippen LogP contribution in [0.25, 0.3) is 0 Å². The molecule has 26 heavy (non-hydrogen) atoms. The monoisotopic (exact) mass is 369 g/mol. The predicted molar refractivity (Wildman–Crippen MR) is 109 cm³/mol. The molecule has 1 aliphatic carbocycles. The van der Waals surface area contributed by atoms with Gasteiger partial charge in [0, 0.05) is 24.6 Å². The van der Waals surface area contributed by atoms with Crippen molar-refractivity contribution < 1.29 is 4.79 Å². The number of carbonyl (C=O) groups excluding carboxylic acids is 1. The molecular weight excluding hydrogens is 342 g/mol. The number of piperidine rings is 1. The average Bonchev–Trinajstić information content (AvgIpc) is 2.64. The van der Waals surface area contributed by atoms with Crippen molar-refractivity contribution in [1.82, 2.24) is 4.90 Å². The van der Waals surface area contributed by atoms with Crippen LogP contribution in [0.15, 0.2) is 54.6 Å². The Bertz CT molecular complexity index is 775. The third-order valence-corrected chi connectivity index (χ3v) is 6.75. The predicted octanol–water partition coefficient (Wildman–Crippen LogP) is 4.91. The molecule has 2 bridgehead atoms. The van der Waals surface area contributed by atoms with Crippen LogP contribution in [0.3, 0.4) is 0 Å². The number of rotatable bonds is 4. The first-order valence-corrected chi connectivity index (χ1v) is 9.50. The Morgan fingerprint density at radius 3 is 2.58 bits per heavy atom. The lowest BCUT2D eigenvalue weighted by atomic mass is 9.59. The van der Waals surface area contributed by atoms with Gasteiger partial charge < -0.3 is 0 Å². The van der Waals surface area contributed by atoms with Crippen molar-refractivity contribution in [3.8, 4) is 0 Å². The zero-order valence-electron chi connectivity index (χ0n) is 15.7. The van der Waals surface area contributed by atoms with E-state index in [4.69, 9.17) is 0 Å². The Morgan fingerprint density at radius 1 is 1.12 bits per heavy atom. The fourth-order valence-electron chi connectivity index (χ4n) is 4.97. The van der Waals surface area contributed by atoms with E-state index in [1.54, 1.807) is 5.56 Å². The second-order valence-corrected chi connectivity index (χ2v) is 7.96. The lowest BCUT2D eigenvalue weighted by Gasteiger charge is -2.54. The smallest absolute Gasteiger partial charge is 0.164 e. The van der Waals surface area contributed by atoms with Crippen molar-refractivity contribution in [2.24, 2.45) is 5.92 Å². The van der Waals surface area contributed by atoms with Crippen molar-refractivity contribution in [3.05, 3.63) is 71.3 Å². The Morgan fingerprint density at radius 2 is 1.81 bits per heavy atom. The fraction of sp³-hybridized carbons (Fsp3) is 0.435. The van der Waals surface area contributed by atoms with Crippen LogP contribution < -0.4 is 0 Å². The van der Waals surface area contributed by atoms with E-state index in [0.717, 1.165) is 25.1 Å². The van der Waals surface area contributed by atoms with Gasteiger partial charge in [-0.15, -0.1) is 12.4 Å². The SMILES string of the molecule is C[C@H]1[C@@H]2Cc3ccccc3[C@]1(C)CCN2CCC(=O)c1ccccc1.Cl. The second kappa shape index (κ2) is 7.54. The number of fused-ring (bicyclic) bond motifs is 4. The Kier molecular flexibility index (Phi) is 5.55. The minimum Gasteiger partial charge on any atom is -0.299 e. The molecule has 0 N–H and O–H groups in total. The van der Waals surface area contributed by atoms with Crippen LogP contribution in [0.1, 0.15) is 48.2 Å². The van der Waals surface area contributed by atoms with Crippen LogP contribution >= 0.6 is 12.4 Å². The molecule has 0 saturated carbocycles. The molecule has 1 saturated heterocycles. The largest absolute Gasteiger partial charge is 0.299 e. The standard InChI is InChI=1S/C23H27NO.ClH/c1-17-21-16-19-10-6-7-11-20(19)23(17,2)13-15-24(21)14-12-22(25)18-8-4-3-5-9-18;/h3-11,17,21H,12-16H2,1-2H3;1H/t17-,21-,23+;/m0./s1. The third kappa shape index (κ3) is 3.21. The molecule has 0 spiro atoms. The van der Waals surface area contributed by atoms with Crippen LogP contribution in [0.5, 0.6) is 0 Å². The second-order valence-electron chi connectivity index (χ2n) is 7.96. The molecule has 0 unspecified atom stereocenters. The van der Waals surface area contributed by atoms with Gasteiger partial charge in [-0.2, -0.15) is 0 Å². The van der Waals surface area contributed by atoms with Gasteiger partial charge in [-0.05, 0) is 41.8 Å². The van der Waals surface area contributed by atoms with Gasteiger partial charge in [-0.3, -0.25) is 9.69 Å². The number of benzene rings is 2. The highest BCUT2D eigenvalue weighted by Crippen LogP contribution is 2.48. The molecule has 0 aromatic heterocycles. The molecule has 2 aromatic rings. The van der Waals surface area contributed by atoms with Gasteiger partial charge in [-0.25, -0.2) is 0 Å². The molecular formula is C23H28ClNO. The molecule has 3 heteroatoms. The maximum Gasteiger partial charge on any atom is 0.164 e. The zero-order chi connectivity index (χ0) is 17.4. The summed E-state index contributed by atoms with van der Waals surface area (Å²) in [7, 11) is 0. The molecule has 4 rings (SSSR count). The zero-order valence-corrected chi connectivity index (χ0v) is 16.5. The summed E-state index contributed by atoms with van der Waals surface area (Å²) >= 11 is 0. The minimum absolute atomic E-state index is 0. The number of hydrogen-bond donors (Lipinski definition) is 0. The molecule has 138 valence electrons. The molecule has 1 heterocycles. The van der Waals surface area contributed by atoms with Gasteiger partial charge in [0.1, 0.15) is 0 Å². The van der Waals surface area contributed by atoms with Crippen molar-refractivity contribution >= 4 is 18.2 Å². The number of nitrogens with zero attached hydrogens (tertiary/aromatic N) is 1. The summed E-state index contributed by atoms with van der Waals surface area (Å²) in [6.45, 7) is 6.82. The highest BCUT2D eigenvalue weighted by Gasteiger charge is 2.47. The normalized spacial score (nSPS) is 27.3. The Labute approximate surface area is 163 Å². The van der Waals surface area contributed by atoms with Crippen LogP contribution in [0.2, 0.25) is 0 Å². The van der Waals surface area contributed by atoms with E-state index < -0.39 is 0 Å². The van der Waals surface area contributed by atoms with E-state index in [1.807, 2.05) is 30.3 Å². The number of Topliss-reactive ketones (excluding diaryl/α,β-unsaturated/α-hetero) is 1. The van der Waals surface area contributed by atoms with Crippen LogP contribution in [0.4, 0.5) is 0 Å². The van der Waals surface area contributed by atoms with Crippen molar-refractivity contribution in [2.75, 3.05) is 13.1 Å². The summed E-state index contributed by atoms with van der Waals surface area (Å²) < 4.78 is 0. The maximum atomic E-state index is 12.5. The molecule has 3 atom stereocenters. The van der Waals surface area contributed by atoms with E-state index in [-0.39, 0.29) is 23.6 Å². The van der Waals surface area contributed by atoms with Gasteiger partial charge >= 0.3 is 0 Å². The topological polar surface area (TPSA) is 20.3 Å². The van der Waals surface area contributed by atoms with Crippen LogP contribution in [-0.4, -0.2) is 29.8 Å². The number of halogens is 1. The minimum atomic E-state index is 0. The molecule has 1 aliphatic heterocycles. The van der Waals surface area contributed by atoms with Gasteiger partial charge in [0.05, 0.1) is 0 Å². The number of carbonyl (C=O) groups is 1. The van der Waals surface area contributed by atoms with Crippen molar-refractivity contribution in [1.29, 1.82) is 0 Å². The first-order valence-electron chi connectivity index (χ1n) is 9.50. The lowest BCUT2D eigenvalue weighted by Crippen LogP contribution is -2.58. The van der Waals surface area contributed by atoms with Crippen LogP contribution in [-0.2, 0) is 11.8 Å². The third-order valence-electron chi connectivity index (χ3n) is 6.75. The molecule has 2 nitrogen and oxygen atoms in total. The summed E-state index contributed by atoms with van der Waals surface area (Å²) in [6.07, 6.45) is 2.92. The fourth-order valence-corrected chi connectivity index (χ4v) is 4.97. The van der Waals surface area contributed by atoms with E-state index >= 15 is 0 Å². The van der Waals surface area contributed by atoms with Gasteiger partial charge in [0.2, 0.25) is 0 Å². The Hall–Kier alpha value is -1.64. The first-order chi connectivity index (χ1) is 12.1. The van der Waals surface area contributed by atoms with Gasteiger partial charge in [0.15, 0.2) is 5.78 Å². The number of likely N-dealkylation sites (tertiary alicyclic amines) is 1.